The molecule has 26 heavy (non-hydrogen) atoms. The van der Waals surface area contributed by atoms with Crippen LogP contribution in [0.5, 0.6) is 0 Å². The maximum atomic E-state index is 11.9. The Kier molecular flexibility index (Phi) is 6.26. The van der Waals surface area contributed by atoms with Gasteiger partial charge in [0.25, 0.3) is 0 Å². The normalized spacial score (nSPS) is 10.7. The van der Waals surface area contributed by atoms with Crippen LogP contribution in [0, 0.1) is 0 Å². The highest BCUT2D eigenvalue weighted by Gasteiger charge is 2.10. The van der Waals surface area contributed by atoms with Gasteiger partial charge in [0.2, 0.25) is 17.6 Å². The third-order valence-electron chi connectivity index (χ3n) is 3.79. The molecule has 0 radical (unpaired) electrons. The van der Waals surface area contributed by atoms with Gasteiger partial charge in [-0.05, 0) is 48.4 Å². The lowest BCUT2D eigenvalue weighted by atomic mass is 10.1. The summed E-state index contributed by atoms with van der Waals surface area (Å²) < 4.78 is 5.20. The Morgan fingerprint density at radius 2 is 1.62 bits per heavy atom. The molecule has 5 nitrogen and oxygen atoms in total. The number of halogens is 2. The molecule has 0 aliphatic carbocycles. The second kappa shape index (κ2) is 8.83. The van der Waals surface area contributed by atoms with Crippen molar-refractivity contribution in [2.75, 3.05) is 6.54 Å². The predicted octanol–water partition coefficient (Wildman–Crippen LogP) is 4.33. The summed E-state index contributed by atoms with van der Waals surface area (Å²) in [5.41, 5.74) is 1.94. The molecule has 1 N–H and O–H groups in total. The zero-order valence-electron chi connectivity index (χ0n) is 13.9. The van der Waals surface area contributed by atoms with Gasteiger partial charge in [-0.3, -0.25) is 4.79 Å². The van der Waals surface area contributed by atoms with Gasteiger partial charge in [-0.2, -0.15) is 4.98 Å². The lowest BCUT2D eigenvalue weighted by molar-refractivity contribution is -0.121. The first-order valence-corrected chi connectivity index (χ1v) is 8.95. The Labute approximate surface area is 161 Å². The predicted molar refractivity (Wildman–Crippen MR) is 101 cm³/mol. The lowest BCUT2D eigenvalue weighted by Gasteiger charge is -2.04. The van der Waals surface area contributed by atoms with Crippen LogP contribution in [0.2, 0.25) is 10.0 Å². The number of nitrogens with zero attached hydrogens (tertiary/aromatic N) is 2. The Morgan fingerprint density at radius 1 is 0.962 bits per heavy atom. The number of rotatable bonds is 7. The first-order valence-electron chi connectivity index (χ1n) is 8.20. The first-order chi connectivity index (χ1) is 12.6. The molecule has 0 fully saturated rings. The van der Waals surface area contributed by atoms with E-state index in [1.54, 1.807) is 12.1 Å². The summed E-state index contributed by atoms with van der Waals surface area (Å²) in [6, 6.07) is 14.7. The molecule has 0 atom stereocenters. The second-order valence-electron chi connectivity index (χ2n) is 5.75. The number of aromatic nitrogens is 2. The molecule has 0 unspecified atom stereocenters. The van der Waals surface area contributed by atoms with E-state index in [1.807, 2.05) is 36.4 Å². The third kappa shape index (κ3) is 5.31. The molecule has 0 bridgehead atoms. The van der Waals surface area contributed by atoms with Crippen molar-refractivity contribution in [2.24, 2.45) is 0 Å². The molecular formula is C19H17Cl2N3O2. The minimum Gasteiger partial charge on any atom is -0.356 e. The van der Waals surface area contributed by atoms with Crippen molar-refractivity contribution < 1.29 is 9.32 Å². The van der Waals surface area contributed by atoms with E-state index in [4.69, 9.17) is 27.7 Å². The van der Waals surface area contributed by atoms with Gasteiger partial charge < -0.3 is 9.84 Å². The molecule has 134 valence electrons. The third-order valence-corrected chi connectivity index (χ3v) is 4.29. The summed E-state index contributed by atoms with van der Waals surface area (Å²) in [6.45, 7) is 0.570. The molecule has 1 heterocycles. The summed E-state index contributed by atoms with van der Waals surface area (Å²) in [6.07, 6.45) is 1.44. The van der Waals surface area contributed by atoms with Crippen LogP contribution in [0.3, 0.4) is 0 Å². The highest BCUT2D eigenvalue weighted by atomic mass is 35.5. The van der Waals surface area contributed by atoms with Crippen molar-refractivity contribution >= 4 is 29.1 Å². The smallest absolute Gasteiger partial charge is 0.227 e. The van der Waals surface area contributed by atoms with Gasteiger partial charge in [-0.15, -0.1) is 0 Å². The van der Waals surface area contributed by atoms with Crippen molar-refractivity contribution in [1.82, 2.24) is 15.5 Å². The van der Waals surface area contributed by atoms with E-state index < -0.39 is 0 Å². The van der Waals surface area contributed by atoms with Crippen LogP contribution in [0.25, 0.3) is 11.4 Å². The van der Waals surface area contributed by atoms with Crippen LogP contribution in [0.4, 0.5) is 0 Å². The average molecular weight is 390 g/mol. The van der Waals surface area contributed by atoms with E-state index in [1.165, 1.54) is 0 Å². The van der Waals surface area contributed by atoms with Crippen LogP contribution in [-0.4, -0.2) is 22.6 Å². The highest BCUT2D eigenvalue weighted by Crippen LogP contribution is 2.19. The van der Waals surface area contributed by atoms with Crippen LogP contribution >= 0.6 is 23.2 Å². The zero-order chi connectivity index (χ0) is 18.4. The maximum Gasteiger partial charge on any atom is 0.227 e. The van der Waals surface area contributed by atoms with E-state index in [0.717, 1.165) is 17.5 Å². The van der Waals surface area contributed by atoms with Gasteiger partial charge in [0.05, 0.1) is 0 Å². The first kappa shape index (κ1) is 18.4. The molecule has 2 aromatic carbocycles. The Bertz CT molecular complexity index is 861. The standard InChI is InChI=1S/C19H17Cl2N3O2/c20-15-5-1-13(2-6-15)11-12-22-17(25)9-10-18-23-19(24-26-18)14-3-7-16(21)8-4-14/h1-8H,9-12H2,(H,22,25). The Hall–Kier alpha value is -2.37. The molecule has 3 aromatic rings. The van der Waals surface area contributed by atoms with Crippen LogP contribution in [0.15, 0.2) is 53.1 Å². The molecule has 3 rings (SSSR count). The molecule has 0 aliphatic rings. The van der Waals surface area contributed by atoms with Gasteiger partial charge >= 0.3 is 0 Å². The topological polar surface area (TPSA) is 68.0 Å². The fourth-order valence-corrected chi connectivity index (χ4v) is 2.63. The number of benzene rings is 2. The van der Waals surface area contributed by atoms with Crippen molar-refractivity contribution in [3.05, 3.63) is 70.0 Å². The molecule has 1 aromatic heterocycles. The summed E-state index contributed by atoms with van der Waals surface area (Å²) >= 11 is 11.7. The molecule has 1 amide bonds. The number of nitrogens with one attached hydrogen (secondary N) is 1. The van der Waals surface area contributed by atoms with Crippen molar-refractivity contribution in [1.29, 1.82) is 0 Å². The van der Waals surface area contributed by atoms with Gasteiger partial charge in [0.15, 0.2) is 0 Å². The minimum atomic E-state index is -0.0507. The summed E-state index contributed by atoms with van der Waals surface area (Å²) in [4.78, 5) is 16.2. The van der Waals surface area contributed by atoms with Gasteiger partial charge in [0, 0.05) is 35.0 Å². The number of carbonyl (C=O) groups excluding carboxylic acids is 1. The summed E-state index contributed by atoms with van der Waals surface area (Å²) in [5, 5.41) is 8.17. The van der Waals surface area contributed by atoms with Crippen LogP contribution in [0.1, 0.15) is 17.9 Å². The fourth-order valence-electron chi connectivity index (χ4n) is 2.38. The van der Waals surface area contributed by atoms with E-state index in [-0.39, 0.29) is 5.91 Å². The van der Waals surface area contributed by atoms with Gasteiger partial charge in [-0.1, -0.05) is 40.5 Å². The van der Waals surface area contributed by atoms with Crippen molar-refractivity contribution in [3.63, 3.8) is 0 Å². The number of hydrogen-bond donors (Lipinski definition) is 1. The highest BCUT2D eigenvalue weighted by molar-refractivity contribution is 6.30. The summed E-state index contributed by atoms with van der Waals surface area (Å²) in [7, 11) is 0. The SMILES string of the molecule is O=C(CCc1nc(-c2ccc(Cl)cc2)no1)NCCc1ccc(Cl)cc1. The van der Waals surface area contributed by atoms with E-state index in [0.29, 0.717) is 41.1 Å². The van der Waals surface area contributed by atoms with Crippen molar-refractivity contribution in [3.8, 4) is 11.4 Å². The van der Waals surface area contributed by atoms with E-state index in [2.05, 4.69) is 15.5 Å². The number of aryl methyl sites for hydroxylation is 1. The number of amides is 1. The van der Waals surface area contributed by atoms with Crippen molar-refractivity contribution in [2.45, 2.75) is 19.3 Å². The molecular weight excluding hydrogens is 373 g/mol. The van der Waals surface area contributed by atoms with Crippen LogP contribution < -0.4 is 5.32 Å². The van der Waals surface area contributed by atoms with E-state index >= 15 is 0 Å². The molecule has 0 saturated carbocycles. The Balaban J connectivity index is 1.43. The Morgan fingerprint density at radius 3 is 2.31 bits per heavy atom. The summed E-state index contributed by atoms with van der Waals surface area (Å²) in [5.74, 6) is 0.868. The quantitative estimate of drug-likeness (QED) is 0.652. The molecule has 0 saturated heterocycles. The maximum absolute atomic E-state index is 11.9. The van der Waals surface area contributed by atoms with Gasteiger partial charge in [0.1, 0.15) is 0 Å². The second-order valence-corrected chi connectivity index (χ2v) is 6.62. The van der Waals surface area contributed by atoms with Crippen LogP contribution in [-0.2, 0) is 17.6 Å². The monoisotopic (exact) mass is 389 g/mol. The average Bonchev–Trinajstić information content (AvgIpc) is 3.11. The van der Waals surface area contributed by atoms with E-state index in [9.17, 15) is 4.79 Å². The number of carbonyl (C=O) groups is 1. The zero-order valence-corrected chi connectivity index (χ0v) is 15.4. The molecule has 7 heteroatoms. The molecule has 0 aliphatic heterocycles. The lowest BCUT2D eigenvalue weighted by Crippen LogP contribution is -2.25. The fraction of sp³-hybridized carbons (Fsp3) is 0.211. The molecule has 0 spiro atoms. The minimum absolute atomic E-state index is 0.0507. The van der Waals surface area contributed by atoms with Gasteiger partial charge in [-0.25, -0.2) is 0 Å². The largest absolute Gasteiger partial charge is 0.356 e. The number of hydrogen-bond acceptors (Lipinski definition) is 4.